The van der Waals surface area contributed by atoms with Gasteiger partial charge in [0.1, 0.15) is 11.3 Å². The predicted molar refractivity (Wildman–Crippen MR) is 100 cm³/mol. The van der Waals surface area contributed by atoms with Crippen LogP contribution in [0.25, 0.3) is 0 Å². The highest BCUT2D eigenvalue weighted by Crippen LogP contribution is 2.22. The van der Waals surface area contributed by atoms with E-state index in [-0.39, 0.29) is 29.8 Å². The normalized spacial score (nSPS) is 16.5. The van der Waals surface area contributed by atoms with Crippen LogP contribution >= 0.6 is 0 Å². The van der Waals surface area contributed by atoms with Gasteiger partial charge in [0.2, 0.25) is 5.78 Å². The molecule has 0 bridgehead atoms. The van der Waals surface area contributed by atoms with Crippen LogP contribution in [0.4, 0.5) is 0 Å². The number of ether oxygens (including phenoxy) is 2. The molecule has 3 rings (SSSR count). The standard InChI is InChI=1S/C21H25NO5/c1-13-6-7-17(19(23)9-13)21(25)27-12-20(24)18-10-14(2)22(15(18)3)11-16-5-4-8-26-16/h6-7,9-10,16,23H,4-5,8,11-12H2,1-3H3/t16-/m0/s1. The zero-order valence-electron chi connectivity index (χ0n) is 15.9. The molecule has 144 valence electrons. The number of rotatable bonds is 6. The highest BCUT2D eigenvalue weighted by Gasteiger charge is 2.22. The number of Topliss-reactive ketones (excluding diaryl/α,β-unsaturated/α-hetero) is 1. The van der Waals surface area contributed by atoms with Crippen molar-refractivity contribution >= 4 is 11.8 Å². The van der Waals surface area contributed by atoms with Crippen molar-refractivity contribution in [2.75, 3.05) is 13.2 Å². The number of carbonyl (C=O) groups is 2. The first-order valence-electron chi connectivity index (χ1n) is 9.15. The maximum Gasteiger partial charge on any atom is 0.342 e. The van der Waals surface area contributed by atoms with Crippen LogP contribution in [-0.4, -0.2) is 40.7 Å². The number of phenolic OH excluding ortho intramolecular Hbond substituents is 1. The largest absolute Gasteiger partial charge is 0.507 e. The summed E-state index contributed by atoms with van der Waals surface area (Å²) in [4.78, 5) is 24.7. The van der Waals surface area contributed by atoms with Gasteiger partial charge in [-0.3, -0.25) is 4.79 Å². The van der Waals surface area contributed by atoms with Crippen molar-refractivity contribution in [2.24, 2.45) is 0 Å². The fourth-order valence-electron chi connectivity index (χ4n) is 3.46. The number of benzene rings is 1. The molecule has 2 aromatic rings. The number of aryl methyl sites for hydroxylation is 2. The minimum absolute atomic E-state index is 0.0530. The van der Waals surface area contributed by atoms with Gasteiger partial charge in [0, 0.05) is 30.1 Å². The van der Waals surface area contributed by atoms with Crippen LogP contribution < -0.4 is 0 Å². The molecule has 1 aromatic carbocycles. The molecule has 1 atom stereocenters. The number of aromatic nitrogens is 1. The second kappa shape index (κ2) is 7.96. The van der Waals surface area contributed by atoms with E-state index in [2.05, 4.69) is 4.57 Å². The number of ketones is 1. The minimum atomic E-state index is -0.714. The van der Waals surface area contributed by atoms with Crippen LogP contribution in [0, 0.1) is 20.8 Å². The number of hydrogen-bond donors (Lipinski definition) is 1. The van der Waals surface area contributed by atoms with Gasteiger partial charge < -0.3 is 19.1 Å². The number of aromatic hydroxyl groups is 1. The van der Waals surface area contributed by atoms with E-state index in [1.54, 1.807) is 6.07 Å². The van der Waals surface area contributed by atoms with E-state index >= 15 is 0 Å². The van der Waals surface area contributed by atoms with Crippen LogP contribution in [-0.2, 0) is 16.0 Å². The zero-order chi connectivity index (χ0) is 19.6. The Bertz CT molecular complexity index is 862. The van der Waals surface area contributed by atoms with Gasteiger partial charge in [-0.15, -0.1) is 0 Å². The van der Waals surface area contributed by atoms with Gasteiger partial charge in [-0.1, -0.05) is 6.07 Å². The highest BCUT2D eigenvalue weighted by molar-refractivity contribution is 6.01. The molecule has 0 radical (unpaired) electrons. The molecule has 1 aromatic heterocycles. The van der Waals surface area contributed by atoms with E-state index in [1.807, 2.05) is 26.8 Å². The third kappa shape index (κ3) is 4.22. The number of phenols is 1. The first-order chi connectivity index (χ1) is 12.9. The first kappa shape index (κ1) is 19.2. The fraction of sp³-hybridized carbons (Fsp3) is 0.429. The quantitative estimate of drug-likeness (QED) is 0.622. The lowest BCUT2D eigenvalue weighted by Gasteiger charge is -2.14. The predicted octanol–water partition coefficient (Wildman–Crippen LogP) is 3.34. The molecule has 0 saturated carbocycles. The van der Waals surface area contributed by atoms with Gasteiger partial charge in [-0.2, -0.15) is 0 Å². The molecule has 0 unspecified atom stereocenters. The average Bonchev–Trinajstić information content (AvgIpc) is 3.23. The molecule has 0 amide bonds. The molecule has 2 heterocycles. The van der Waals surface area contributed by atoms with Crippen molar-refractivity contribution in [3.05, 3.63) is 52.3 Å². The van der Waals surface area contributed by atoms with Gasteiger partial charge in [-0.05, 0) is 57.4 Å². The first-order valence-corrected chi connectivity index (χ1v) is 9.15. The Hall–Kier alpha value is -2.60. The minimum Gasteiger partial charge on any atom is -0.507 e. The lowest BCUT2D eigenvalue weighted by atomic mass is 10.1. The summed E-state index contributed by atoms with van der Waals surface area (Å²) in [6.45, 7) is 6.80. The number of carbonyl (C=O) groups excluding carboxylic acids is 2. The summed E-state index contributed by atoms with van der Waals surface area (Å²) in [6.07, 6.45) is 2.27. The van der Waals surface area contributed by atoms with E-state index in [0.717, 1.165) is 42.9 Å². The second-order valence-corrected chi connectivity index (χ2v) is 7.05. The molecule has 1 aliphatic heterocycles. The molecule has 27 heavy (non-hydrogen) atoms. The monoisotopic (exact) mass is 371 g/mol. The summed E-state index contributed by atoms with van der Waals surface area (Å²) < 4.78 is 12.9. The summed E-state index contributed by atoms with van der Waals surface area (Å²) in [5, 5.41) is 9.86. The van der Waals surface area contributed by atoms with Gasteiger partial charge in [0.15, 0.2) is 6.61 Å². The number of nitrogens with zero attached hydrogens (tertiary/aromatic N) is 1. The van der Waals surface area contributed by atoms with Gasteiger partial charge in [0.05, 0.1) is 6.10 Å². The van der Waals surface area contributed by atoms with Crippen LogP contribution in [0.3, 0.4) is 0 Å². The van der Waals surface area contributed by atoms with E-state index < -0.39 is 5.97 Å². The molecule has 6 nitrogen and oxygen atoms in total. The Balaban J connectivity index is 1.66. The zero-order valence-corrected chi connectivity index (χ0v) is 15.9. The molecule has 1 saturated heterocycles. The summed E-state index contributed by atoms with van der Waals surface area (Å²) in [5.74, 6) is -1.13. The molecule has 0 spiro atoms. The third-order valence-corrected chi connectivity index (χ3v) is 4.99. The van der Waals surface area contributed by atoms with Crippen LogP contribution in [0.1, 0.15) is 50.5 Å². The van der Waals surface area contributed by atoms with Gasteiger partial charge >= 0.3 is 5.97 Å². The van der Waals surface area contributed by atoms with E-state index in [4.69, 9.17) is 9.47 Å². The van der Waals surface area contributed by atoms with E-state index in [0.29, 0.717) is 5.56 Å². The Labute approximate surface area is 158 Å². The van der Waals surface area contributed by atoms with E-state index in [9.17, 15) is 14.7 Å². The molecular weight excluding hydrogens is 346 g/mol. The van der Waals surface area contributed by atoms with Crippen molar-refractivity contribution in [3.63, 3.8) is 0 Å². The van der Waals surface area contributed by atoms with Gasteiger partial charge in [-0.25, -0.2) is 4.79 Å². The Morgan fingerprint density at radius 3 is 2.67 bits per heavy atom. The second-order valence-electron chi connectivity index (χ2n) is 7.05. The Kier molecular flexibility index (Phi) is 5.65. The molecule has 1 fully saturated rings. The van der Waals surface area contributed by atoms with Gasteiger partial charge in [0.25, 0.3) is 0 Å². The maximum atomic E-state index is 12.6. The molecule has 1 aliphatic rings. The van der Waals surface area contributed by atoms with Crippen LogP contribution in [0.5, 0.6) is 5.75 Å². The van der Waals surface area contributed by atoms with Crippen molar-refractivity contribution in [3.8, 4) is 5.75 Å². The fourth-order valence-corrected chi connectivity index (χ4v) is 3.46. The SMILES string of the molecule is Cc1ccc(C(=O)OCC(=O)c2cc(C)n(C[C@@H]3CCCO3)c2C)c(O)c1. The molecule has 1 N–H and O–H groups in total. The summed E-state index contributed by atoms with van der Waals surface area (Å²) in [6, 6.07) is 6.50. The lowest BCUT2D eigenvalue weighted by Crippen LogP contribution is -2.18. The van der Waals surface area contributed by atoms with Crippen molar-refractivity contribution in [1.82, 2.24) is 4.57 Å². The Morgan fingerprint density at radius 1 is 1.22 bits per heavy atom. The summed E-state index contributed by atoms with van der Waals surface area (Å²) in [5.41, 5.74) is 3.26. The van der Waals surface area contributed by atoms with Crippen molar-refractivity contribution < 1.29 is 24.2 Å². The summed E-state index contributed by atoms with van der Waals surface area (Å²) in [7, 11) is 0. The van der Waals surface area contributed by atoms with Crippen LogP contribution in [0.2, 0.25) is 0 Å². The third-order valence-electron chi connectivity index (χ3n) is 4.99. The van der Waals surface area contributed by atoms with Crippen molar-refractivity contribution in [2.45, 2.75) is 46.3 Å². The molecule has 6 heteroatoms. The number of hydrogen-bond acceptors (Lipinski definition) is 5. The van der Waals surface area contributed by atoms with E-state index in [1.165, 1.54) is 12.1 Å². The summed E-state index contributed by atoms with van der Waals surface area (Å²) >= 11 is 0. The Morgan fingerprint density at radius 2 is 2.00 bits per heavy atom. The average molecular weight is 371 g/mol. The highest BCUT2D eigenvalue weighted by atomic mass is 16.5. The lowest BCUT2D eigenvalue weighted by molar-refractivity contribution is 0.0471. The number of esters is 1. The maximum absolute atomic E-state index is 12.6. The smallest absolute Gasteiger partial charge is 0.342 e. The topological polar surface area (TPSA) is 77.8 Å². The van der Waals surface area contributed by atoms with Crippen LogP contribution in [0.15, 0.2) is 24.3 Å². The molecular formula is C21H25NO5. The van der Waals surface area contributed by atoms with Crippen molar-refractivity contribution in [1.29, 1.82) is 0 Å². The molecule has 0 aliphatic carbocycles.